The van der Waals surface area contributed by atoms with Gasteiger partial charge < -0.3 is 24.4 Å². The SMILES string of the molecule is CN=C(NCCc1ccc(OC)c(OC(F)F)c1)N1CCOC(c2cnn(C)c2)C1.I. The van der Waals surface area contributed by atoms with Gasteiger partial charge in [-0.3, -0.25) is 9.67 Å². The molecule has 1 atom stereocenters. The van der Waals surface area contributed by atoms with Crippen LogP contribution < -0.4 is 14.8 Å². The lowest BCUT2D eigenvalue weighted by molar-refractivity contribution is -0.0512. The number of guanidine groups is 1. The number of hydrogen-bond donors (Lipinski definition) is 1. The van der Waals surface area contributed by atoms with Gasteiger partial charge in [0.25, 0.3) is 0 Å². The number of rotatable bonds is 7. The predicted molar refractivity (Wildman–Crippen MR) is 124 cm³/mol. The number of nitrogens with one attached hydrogen (secondary N) is 1. The number of halogens is 3. The highest BCUT2D eigenvalue weighted by atomic mass is 127. The molecule has 1 aromatic carbocycles. The van der Waals surface area contributed by atoms with Crippen molar-refractivity contribution in [2.75, 3.05) is 40.4 Å². The van der Waals surface area contributed by atoms with Crippen LogP contribution in [0.2, 0.25) is 0 Å². The van der Waals surface area contributed by atoms with Crippen LogP contribution in [0.1, 0.15) is 17.2 Å². The van der Waals surface area contributed by atoms with E-state index in [9.17, 15) is 8.78 Å². The van der Waals surface area contributed by atoms with Gasteiger partial charge in [-0.25, -0.2) is 0 Å². The Balaban J connectivity index is 0.00000341. The molecule has 2 aromatic rings. The second-order valence-corrected chi connectivity index (χ2v) is 6.84. The van der Waals surface area contributed by atoms with Crippen molar-refractivity contribution in [1.82, 2.24) is 20.0 Å². The van der Waals surface area contributed by atoms with E-state index < -0.39 is 6.61 Å². The molecule has 1 fully saturated rings. The molecule has 1 aromatic heterocycles. The van der Waals surface area contributed by atoms with Gasteiger partial charge in [-0.15, -0.1) is 24.0 Å². The lowest BCUT2D eigenvalue weighted by Gasteiger charge is -2.34. The van der Waals surface area contributed by atoms with E-state index in [0.29, 0.717) is 26.1 Å². The predicted octanol–water partition coefficient (Wildman–Crippen LogP) is 2.84. The second kappa shape index (κ2) is 12.0. The van der Waals surface area contributed by atoms with Gasteiger partial charge >= 0.3 is 6.61 Å². The molecular weight excluding hydrogens is 523 g/mol. The van der Waals surface area contributed by atoms with E-state index >= 15 is 0 Å². The summed E-state index contributed by atoms with van der Waals surface area (Å²) in [6.07, 6.45) is 4.31. The van der Waals surface area contributed by atoms with Crippen LogP contribution in [0.15, 0.2) is 35.6 Å². The average Bonchev–Trinajstić information content (AvgIpc) is 3.17. The van der Waals surface area contributed by atoms with E-state index in [4.69, 9.17) is 9.47 Å². The topological polar surface area (TPSA) is 73.1 Å². The van der Waals surface area contributed by atoms with Crippen LogP contribution in [0.5, 0.6) is 11.5 Å². The van der Waals surface area contributed by atoms with Crippen LogP contribution in [-0.4, -0.2) is 67.7 Å². The zero-order chi connectivity index (χ0) is 21.5. The summed E-state index contributed by atoms with van der Waals surface area (Å²) in [6, 6.07) is 5.03. The Kier molecular flexibility index (Phi) is 9.75. The Morgan fingerprint density at radius 3 is 2.84 bits per heavy atom. The van der Waals surface area contributed by atoms with Crippen LogP contribution in [0.4, 0.5) is 8.78 Å². The largest absolute Gasteiger partial charge is 0.493 e. The third kappa shape index (κ3) is 6.92. The fourth-order valence-electron chi connectivity index (χ4n) is 3.37. The first-order valence-electron chi connectivity index (χ1n) is 9.67. The van der Waals surface area contributed by atoms with E-state index in [2.05, 4.69) is 25.0 Å². The molecule has 1 N–H and O–H groups in total. The summed E-state index contributed by atoms with van der Waals surface area (Å²) in [7, 11) is 5.03. The van der Waals surface area contributed by atoms with Crippen molar-refractivity contribution in [2.45, 2.75) is 19.1 Å². The molecule has 0 saturated carbocycles. The first-order chi connectivity index (χ1) is 14.5. The highest BCUT2D eigenvalue weighted by Crippen LogP contribution is 2.29. The lowest BCUT2D eigenvalue weighted by atomic mass is 10.1. The van der Waals surface area contributed by atoms with Crippen LogP contribution in [0, 0.1) is 0 Å². The molecule has 2 heterocycles. The van der Waals surface area contributed by atoms with Crippen molar-refractivity contribution in [3.63, 3.8) is 0 Å². The molecule has 1 aliphatic heterocycles. The molecule has 0 amide bonds. The Morgan fingerprint density at radius 2 is 2.19 bits per heavy atom. The first-order valence-corrected chi connectivity index (χ1v) is 9.67. The fourth-order valence-corrected chi connectivity index (χ4v) is 3.37. The van der Waals surface area contributed by atoms with Gasteiger partial charge in [0.1, 0.15) is 6.10 Å². The minimum Gasteiger partial charge on any atom is -0.493 e. The third-order valence-corrected chi connectivity index (χ3v) is 4.82. The van der Waals surface area contributed by atoms with Crippen molar-refractivity contribution >= 4 is 29.9 Å². The van der Waals surface area contributed by atoms with Gasteiger partial charge in [0.05, 0.1) is 26.5 Å². The quantitative estimate of drug-likeness (QED) is 0.324. The molecule has 8 nitrogen and oxygen atoms in total. The minimum absolute atomic E-state index is 0. The number of hydrogen-bond acceptors (Lipinski definition) is 5. The molecule has 1 unspecified atom stereocenters. The molecule has 3 rings (SSSR count). The minimum atomic E-state index is -2.90. The van der Waals surface area contributed by atoms with E-state index in [1.165, 1.54) is 7.11 Å². The van der Waals surface area contributed by atoms with Gasteiger partial charge in [-0.1, -0.05) is 6.07 Å². The summed E-state index contributed by atoms with van der Waals surface area (Å²) < 4.78 is 42.5. The smallest absolute Gasteiger partial charge is 0.387 e. The molecule has 0 radical (unpaired) electrons. The Bertz CT molecular complexity index is 865. The molecule has 0 aliphatic carbocycles. The van der Waals surface area contributed by atoms with Crippen molar-refractivity contribution in [3.05, 3.63) is 41.7 Å². The summed E-state index contributed by atoms with van der Waals surface area (Å²) in [5.41, 5.74) is 1.88. The normalized spacial score (nSPS) is 16.8. The number of alkyl halides is 2. The first kappa shape index (κ1) is 25.1. The molecule has 1 aliphatic rings. The number of methoxy groups -OCH3 is 1. The number of nitrogens with zero attached hydrogens (tertiary/aromatic N) is 4. The lowest BCUT2D eigenvalue weighted by Crippen LogP contribution is -2.48. The van der Waals surface area contributed by atoms with E-state index in [1.807, 2.05) is 25.5 Å². The summed E-state index contributed by atoms with van der Waals surface area (Å²) in [4.78, 5) is 6.51. The Morgan fingerprint density at radius 1 is 1.39 bits per heavy atom. The zero-order valence-electron chi connectivity index (χ0n) is 17.8. The van der Waals surface area contributed by atoms with Crippen LogP contribution in [0.3, 0.4) is 0 Å². The number of aromatic nitrogens is 2. The monoisotopic (exact) mass is 551 g/mol. The summed E-state index contributed by atoms with van der Waals surface area (Å²) in [6.45, 7) is -0.332. The van der Waals surface area contributed by atoms with Gasteiger partial charge in [-0.05, 0) is 24.1 Å². The number of ether oxygens (including phenoxy) is 3. The Labute approximate surface area is 197 Å². The van der Waals surface area contributed by atoms with Gasteiger partial charge in [-0.2, -0.15) is 13.9 Å². The molecular formula is C20H28F2IN5O3. The number of aliphatic imine (C=N–C) groups is 1. The highest BCUT2D eigenvalue weighted by molar-refractivity contribution is 14.0. The molecule has 0 bridgehead atoms. The van der Waals surface area contributed by atoms with Crippen LogP contribution in [0.25, 0.3) is 0 Å². The molecule has 11 heteroatoms. The molecule has 31 heavy (non-hydrogen) atoms. The van der Waals surface area contributed by atoms with Crippen molar-refractivity contribution in [3.8, 4) is 11.5 Å². The van der Waals surface area contributed by atoms with E-state index in [-0.39, 0.29) is 41.6 Å². The molecule has 1 saturated heterocycles. The maximum atomic E-state index is 12.6. The number of morpholine rings is 1. The second-order valence-electron chi connectivity index (χ2n) is 6.84. The summed E-state index contributed by atoms with van der Waals surface area (Å²) in [5, 5.41) is 7.54. The zero-order valence-corrected chi connectivity index (χ0v) is 20.1. The molecule has 172 valence electrons. The van der Waals surface area contributed by atoms with Crippen LogP contribution >= 0.6 is 24.0 Å². The fraction of sp³-hybridized carbons (Fsp3) is 0.500. The van der Waals surface area contributed by atoms with Gasteiger partial charge in [0.2, 0.25) is 0 Å². The summed E-state index contributed by atoms with van der Waals surface area (Å²) in [5.74, 6) is 1.07. The Hall–Kier alpha value is -2.15. The third-order valence-electron chi connectivity index (χ3n) is 4.82. The summed E-state index contributed by atoms with van der Waals surface area (Å²) >= 11 is 0. The van der Waals surface area contributed by atoms with Crippen molar-refractivity contribution in [1.29, 1.82) is 0 Å². The maximum absolute atomic E-state index is 12.6. The van der Waals surface area contributed by atoms with Gasteiger partial charge in [0.15, 0.2) is 17.5 Å². The van der Waals surface area contributed by atoms with E-state index in [0.717, 1.165) is 23.6 Å². The highest BCUT2D eigenvalue weighted by Gasteiger charge is 2.25. The van der Waals surface area contributed by atoms with Crippen molar-refractivity contribution in [2.24, 2.45) is 12.0 Å². The maximum Gasteiger partial charge on any atom is 0.387 e. The number of benzene rings is 1. The average molecular weight is 551 g/mol. The van der Waals surface area contributed by atoms with E-state index in [1.54, 1.807) is 23.9 Å². The van der Waals surface area contributed by atoms with Gasteiger partial charge in [0, 0.05) is 38.9 Å². The standard InChI is InChI=1S/C20H27F2N5O3.HI/c1-23-20(27-8-9-29-18(13-27)15-11-25-26(2)12-15)24-7-6-14-4-5-16(28-3)17(10-14)30-19(21)22;/h4-5,10-12,18-19H,6-9,13H2,1-3H3,(H,23,24);1H. The van der Waals surface area contributed by atoms with Crippen LogP contribution in [-0.2, 0) is 18.2 Å². The van der Waals surface area contributed by atoms with Crippen molar-refractivity contribution < 1.29 is 23.0 Å². The molecule has 0 spiro atoms. The number of aryl methyl sites for hydroxylation is 1.